The summed E-state index contributed by atoms with van der Waals surface area (Å²) in [7, 11) is -4.63. The first-order chi connectivity index (χ1) is 9.21. The summed E-state index contributed by atoms with van der Waals surface area (Å²) in [4.78, 5) is 10.2. The average molecular weight is 310 g/mol. The maximum Gasteiger partial charge on any atom is 0.534 e. The SMILES string of the molecule is COc1cc(/C=C/C=O)ccc1OS(=O)(=O)C(F)(F)F. The van der Waals surface area contributed by atoms with Crippen molar-refractivity contribution in [2.45, 2.75) is 5.51 Å². The third kappa shape index (κ3) is 3.73. The van der Waals surface area contributed by atoms with Crippen LogP contribution in [0.2, 0.25) is 0 Å². The van der Waals surface area contributed by atoms with E-state index in [2.05, 4.69) is 4.18 Å². The van der Waals surface area contributed by atoms with Crippen molar-refractivity contribution < 1.29 is 35.3 Å². The van der Waals surface area contributed by atoms with E-state index in [1.165, 1.54) is 18.2 Å². The molecule has 0 saturated carbocycles. The smallest absolute Gasteiger partial charge is 0.493 e. The van der Waals surface area contributed by atoms with Crippen LogP contribution in [-0.2, 0) is 14.9 Å². The van der Waals surface area contributed by atoms with E-state index >= 15 is 0 Å². The molecular weight excluding hydrogens is 301 g/mol. The summed E-state index contributed by atoms with van der Waals surface area (Å²) in [5.41, 5.74) is -5.11. The Bertz CT molecular complexity index is 619. The van der Waals surface area contributed by atoms with E-state index in [4.69, 9.17) is 4.74 Å². The number of rotatable bonds is 5. The van der Waals surface area contributed by atoms with Gasteiger partial charge < -0.3 is 8.92 Å². The molecule has 0 aliphatic rings. The maximum atomic E-state index is 12.2. The Morgan fingerprint density at radius 2 is 1.85 bits per heavy atom. The van der Waals surface area contributed by atoms with Gasteiger partial charge in [-0.1, -0.05) is 12.1 Å². The molecular formula is C11H9F3O5S. The summed E-state index contributed by atoms with van der Waals surface area (Å²) in [6.45, 7) is 0. The van der Waals surface area contributed by atoms with Crippen molar-refractivity contribution in [1.82, 2.24) is 0 Å². The molecule has 1 aromatic rings. The first-order valence-electron chi connectivity index (χ1n) is 5.02. The minimum Gasteiger partial charge on any atom is -0.493 e. The van der Waals surface area contributed by atoms with E-state index in [9.17, 15) is 26.4 Å². The maximum absolute atomic E-state index is 12.2. The van der Waals surface area contributed by atoms with E-state index in [1.54, 1.807) is 0 Å². The summed E-state index contributed by atoms with van der Waals surface area (Å²) in [6, 6.07) is 3.48. The fraction of sp³-hybridized carbons (Fsp3) is 0.182. The van der Waals surface area contributed by atoms with Crippen LogP contribution in [-0.4, -0.2) is 27.3 Å². The summed E-state index contributed by atoms with van der Waals surface area (Å²) >= 11 is 0. The molecule has 0 fully saturated rings. The fourth-order valence-corrected chi connectivity index (χ4v) is 1.64. The zero-order valence-corrected chi connectivity index (χ0v) is 10.9. The Labute approximate surface area is 112 Å². The number of carbonyl (C=O) groups is 1. The third-order valence-electron chi connectivity index (χ3n) is 2.04. The van der Waals surface area contributed by atoms with Crippen molar-refractivity contribution in [2.24, 2.45) is 0 Å². The van der Waals surface area contributed by atoms with Gasteiger partial charge in [0.1, 0.15) is 6.29 Å². The zero-order valence-electron chi connectivity index (χ0n) is 10.0. The molecule has 0 saturated heterocycles. The second-order valence-corrected chi connectivity index (χ2v) is 4.93. The minimum atomic E-state index is -5.77. The first kappa shape index (κ1) is 16.0. The van der Waals surface area contributed by atoms with Crippen molar-refractivity contribution in [1.29, 1.82) is 0 Å². The van der Waals surface area contributed by atoms with Crippen molar-refractivity contribution in [3.63, 3.8) is 0 Å². The molecule has 0 unspecified atom stereocenters. The van der Waals surface area contributed by atoms with Crippen molar-refractivity contribution >= 4 is 22.5 Å². The minimum absolute atomic E-state index is 0.217. The molecule has 0 atom stereocenters. The van der Waals surface area contributed by atoms with Gasteiger partial charge in [-0.2, -0.15) is 21.6 Å². The molecule has 0 heterocycles. The van der Waals surface area contributed by atoms with Crippen LogP contribution in [0.15, 0.2) is 24.3 Å². The lowest BCUT2D eigenvalue weighted by molar-refractivity contribution is -0.104. The van der Waals surface area contributed by atoms with Gasteiger partial charge in [0.15, 0.2) is 11.5 Å². The lowest BCUT2D eigenvalue weighted by Gasteiger charge is -2.12. The normalized spacial score (nSPS) is 12.4. The Morgan fingerprint density at radius 3 is 2.35 bits per heavy atom. The fourth-order valence-electron chi connectivity index (χ4n) is 1.17. The summed E-state index contributed by atoms with van der Waals surface area (Å²) < 4.78 is 67.1. The molecule has 0 aliphatic heterocycles. The number of aldehydes is 1. The van der Waals surface area contributed by atoms with Crippen LogP contribution >= 0.6 is 0 Å². The van der Waals surface area contributed by atoms with E-state index in [0.29, 0.717) is 11.8 Å². The van der Waals surface area contributed by atoms with Gasteiger partial charge in [0.2, 0.25) is 0 Å². The molecule has 0 amide bonds. The zero-order chi connectivity index (χ0) is 15.4. The Kier molecular flexibility index (Phi) is 4.77. The lowest BCUT2D eigenvalue weighted by Crippen LogP contribution is -2.28. The second-order valence-electron chi connectivity index (χ2n) is 3.39. The van der Waals surface area contributed by atoms with Gasteiger partial charge in [0.25, 0.3) is 0 Å². The Balaban J connectivity index is 3.15. The monoisotopic (exact) mass is 310 g/mol. The highest BCUT2D eigenvalue weighted by Gasteiger charge is 2.48. The molecule has 5 nitrogen and oxygen atoms in total. The summed E-state index contributed by atoms with van der Waals surface area (Å²) in [5, 5.41) is 0. The van der Waals surface area contributed by atoms with Crippen molar-refractivity contribution in [3.8, 4) is 11.5 Å². The number of hydrogen-bond donors (Lipinski definition) is 0. The van der Waals surface area contributed by atoms with Gasteiger partial charge in [0, 0.05) is 0 Å². The molecule has 110 valence electrons. The van der Waals surface area contributed by atoms with Crippen LogP contribution in [0.4, 0.5) is 13.2 Å². The first-order valence-corrected chi connectivity index (χ1v) is 6.42. The molecule has 0 N–H and O–H groups in total. The number of benzene rings is 1. The van der Waals surface area contributed by atoms with E-state index in [-0.39, 0.29) is 5.75 Å². The molecule has 1 aromatic carbocycles. The molecule has 20 heavy (non-hydrogen) atoms. The number of methoxy groups -OCH3 is 1. The number of hydrogen-bond acceptors (Lipinski definition) is 5. The molecule has 0 aliphatic carbocycles. The van der Waals surface area contributed by atoms with Gasteiger partial charge in [-0.25, -0.2) is 0 Å². The van der Waals surface area contributed by atoms with E-state index in [0.717, 1.165) is 19.3 Å². The number of alkyl halides is 3. The highest BCUT2D eigenvalue weighted by Crippen LogP contribution is 2.33. The van der Waals surface area contributed by atoms with Gasteiger partial charge in [-0.3, -0.25) is 4.79 Å². The van der Waals surface area contributed by atoms with Crippen LogP contribution in [0, 0.1) is 0 Å². The highest BCUT2D eigenvalue weighted by atomic mass is 32.2. The molecule has 0 spiro atoms. The third-order valence-corrected chi connectivity index (χ3v) is 3.00. The highest BCUT2D eigenvalue weighted by molar-refractivity contribution is 7.88. The average Bonchev–Trinajstić information content (AvgIpc) is 2.35. The molecule has 0 radical (unpaired) electrons. The number of allylic oxidation sites excluding steroid dienone is 1. The van der Waals surface area contributed by atoms with Gasteiger partial charge in [0.05, 0.1) is 7.11 Å². The summed E-state index contributed by atoms with van der Waals surface area (Å²) in [5.74, 6) is -0.820. The summed E-state index contributed by atoms with van der Waals surface area (Å²) in [6.07, 6.45) is 3.02. The predicted octanol–water partition coefficient (Wildman–Crippen LogP) is 2.14. The molecule has 1 rings (SSSR count). The Hall–Kier alpha value is -2.03. The Morgan fingerprint density at radius 1 is 1.20 bits per heavy atom. The predicted molar refractivity (Wildman–Crippen MR) is 63.7 cm³/mol. The quantitative estimate of drug-likeness (QED) is 0.361. The number of carbonyl (C=O) groups excluding carboxylic acids is 1. The largest absolute Gasteiger partial charge is 0.534 e. The van der Waals surface area contributed by atoms with E-state index in [1.807, 2.05) is 0 Å². The van der Waals surface area contributed by atoms with Gasteiger partial charge >= 0.3 is 15.6 Å². The topological polar surface area (TPSA) is 69.7 Å². The van der Waals surface area contributed by atoms with E-state index < -0.39 is 21.4 Å². The standard InChI is InChI=1S/C11H9F3O5S/c1-18-10-7-8(3-2-6-15)4-5-9(10)19-20(16,17)11(12,13)14/h2-7H,1H3/b3-2+. The van der Waals surface area contributed by atoms with Gasteiger partial charge in [-0.05, 0) is 23.8 Å². The van der Waals surface area contributed by atoms with Crippen LogP contribution in [0.5, 0.6) is 11.5 Å². The molecule has 0 aromatic heterocycles. The van der Waals surface area contributed by atoms with Crippen molar-refractivity contribution in [3.05, 3.63) is 29.8 Å². The van der Waals surface area contributed by atoms with Crippen LogP contribution < -0.4 is 8.92 Å². The van der Waals surface area contributed by atoms with Crippen molar-refractivity contribution in [2.75, 3.05) is 7.11 Å². The van der Waals surface area contributed by atoms with Crippen LogP contribution in [0.25, 0.3) is 6.08 Å². The van der Waals surface area contributed by atoms with Crippen LogP contribution in [0.3, 0.4) is 0 Å². The molecule has 0 bridgehead atoms. The second kappa shape index (κ2) is 5.95. The van der Waals surface area contributed by atoms with Gasteiger partial charge in [-0.15, -0.1) is 0 Å². The number of halogens is 3. The molecule has 9 heteroatoms. The lowest BCUT2D eigenvalue weighted by atomic mass is 10.2. The van der Waals surface area contributed by atoms with Crippen LogP contribution in [0.1, 0.15) is 5.56 Å². The number of ether oxygens (including phenoxy) is 1.